The molecule has 0 aliphatic carbocycles. The first-order valence-corrected chi connectivity index (χ1v) is 7.54. The molecule has 0 aliphatic rings. The first kappa shape index (κ1) is 15.7. The van der Waals surface area contributed by atoms with E-state index in [0.717, 1.165) is 36.8 Å². The van der Waals surface area contributed by atoms with Gasteiger partial charge in [-0.05, 0) is 24.5 Å². The van der Waals surface area contributed by atoms with E-state index in [9.17, 15) is 4.79 Å². The molecular formula is C17H26O2. The zero-order chi connectivity index (χ0) is 13.9. The summed E-state index contributed by atoms with van der Waals surface area (Å²) in [5.41, 5.74) is 1.83. The van der Waals surface area contributed by atoms with Crippen LogP contribution in [-0.4, -0.2) is 12.6 Å². The maximum atomic E-state index is 12.0. The molecule has 1 aromatic rings. The SMILES string of the molecule is CCCCCCCOC(=O)c1ccccc1CCC. The average molecular weight is 262 g/mol. The number of hydrogen-bond donors (Lipinski definition) is 0. The van der Waals surface area contributed by atoms with Crippen molar-refractivity contribution in [3.8, 4) is 0 Å². The summed E-state index contributed by atoms with van der Waals surface area (Å²) in [4.78, 5) is 12.0. The fraction of sp³-hybridized carbons (Fsp3) is 0.588. The van der Waals surface area contributed by atoms with Crippen molar-refractivity contribution >= 4 is 5.97 Å². The van der Waals surface area contributed by atoms with Crippen LogP contribution in [0.5, 0.6) is 0 Å². The van der Waals surface area contributed by atoms with Crippen molar-refractivity contribution in [3.05, 3.63) is 35.4 Å². The number of aryl methyl sites for hydroxylation is 1. The molecule has 0 radical (unpaired) electrons. The minimum absolute atomic E-state index is 0.167. The van der Waals surface area contributed by atoms with Crippen molar-refractivity contribution in [1.82, 2.24) is 0 Å². The number of rotatable bonds is 9. The van der Waals surface area contributed by atoms with E-state index in [1.54, 1.807) is 0 Å². The summed E-state index contributed by atoms with van der Waals surface area (Å²) >= 11 is 0. The smallest absolute Gasteiger partial charge is 0.338 e. The molecule has 1 aromatic carbocycles. The Bertz CT molecular complexity index is 371. The second kappa shape index (κ2) is 9.60. The van der Waals surface area contributed by atoms with E-state index in [4.69, 9.17) is 4.74 Å². The molecule has 19 heavy (non-hydrogen) atoms. The first-order valence-electron chi connectivity index (χ1n) is 7.54. The molecule has 0 saturated carbocycles. The molecule has 0 fully saturated rings. The molecule has 0 aliphatic heterocycles. The summed E-state index contributed by atoms with van der Waals surface area (Å²) in [6.45, 7) is 4.86. The average Bonchev–Trinajstić information content (AvgIpc) is 2.43. The molecule has 106 valence electrons. The molecule has 1 rings (SSSR count). The van der Waals surface area contributed by atoms with Gasteiger partial charge in [-0.1, -0.05) is 64.2 Å². The second-order valence-electron chi connectivity index (χ2n) is 4.96. The zero-order valence-corrected chi connectivity index (χ0v) is 12.3. The van der Waals surface area contributed by atoms with Gasteiger partial charge in [-0.25, -0.2) is 4.79 Å². The van der Waals surface area contributed by atoms with Crippen molar-refractivity contribution in [2.45, 2.75) is 58.8 Å². The van der Waals surface area contributed by atoms with Gasteiger partial charge in [0, 0.05) is 0 Å². The van der Waals surface area contributed by atoms with Gasteiger partial charge in [0.1, 0.15) is 0 Å². The Morgan fingerprint density at radius 3 is 2.47 bits per heavy atom. The highest BCUT2D eigenvalue weighted by Gasteiger charge is 2.11. The predicted molar refractivity (Wildman–Crippen MR) is 79.5 cm³/mol. The van der Waals surface area contributed by atoms with Gasteiger partial charge in [-0.2, -0.15) is 0 Å². The molecular weight excluding hydrogens is 236 g/mol. The number of carbonyl (C=O) groups is 1. The van der Waals surface area contributed by atoms with Crippen molar-refractivity contribution in [1.29, 1.82) is 0 Å². The van der Waals surface area contributed by atoms with Gasteiger partial charge in [0.15, 0.2) is 0 Å². The van der Waals surface area contributed by atoms with Gasteiger partial charge in [-0.15, -0.1) is 0 Å². The van der Waals surface area contributed by atoms with E-state index in [1.165, 1.54) is 19.3 Å². The fourth-order valence-corrected chi connectivity index (χ4v) is 2.16. The topological polar surface area (TPSA) is 26.3 Å². The summed E-state index contributed by atoms with van der Waals surface area (Å²) in [7, 11) is 0. The van der Waals surface area contributed by atoms with E-state index in [2.05, 4.69) is 13.8 Å². The fourth-order valence-electron chi connectivity index (χ4n) is 2.16. The third-order valence-corrected chi connectivity index (χ3v) is 3.24. The predicted octanol–water partition coefficient (Wildman–Crippen LogP) is 4.77. The molecule has 0 unspecified atom stereocenters. The van der Waals surface area contributed by atoms with Crippen LogP contribution < -0.4 is 0 Å². The van der Waals surface area contributed by atoms with Gasteiger partial charge >= 0.3 is 5.97 Å². The number of carbonyl (C=O) groups excluding carboxylic acids is 1. The molecule has 0 atom stereocenters. The number of esters is 1. The third-order valence-electron chi connectivity index (χ3n) is 3.24. The Morgan fingerprint density at radius 2 is 1.74 bits per heavy atom. The minimum Gasteiger partial charge on any atom is -0.462 e. The van der Waals surface area contributed by atoms with Gasteiger partial charge < -0.3 is 4.74 Å². The first-order chi connectivity index (χ1) is 9.29. The monoisotopic (exact) mass is 262 g/mol. The maximum absolute atomic E-state index is 12.0. The van der Waals surface area contributed by atoms with E-state index >= 15 is 0 Å². The highest BCUT2D eigenvalue weighted by Crippen LogP contribution is 2.13. The Morgan fingerprint density at radius 1 is 1.00 bits per heavy atom. The molecule has 0 bridgehead atoms. The Balaban J connectivity index is 2.36. The van der Waals surface area contributed by atoms with E-state index < -0.39 is 0 Å². The highest BCUT2D eigenvalue weighted by molar-refractivity contribution is 5.91. The summed E-state index contributed by atoms with van der Waals surface area (Å²) < 4.78 is 5.36. The van der Waals surface area contributed by atoms with E-state index in [0.29, 0.717) is 6.61 Å². The molecule has 0 heterocycles. The van der Waals surface area contributed by atoms with Crippen molar-refractivity contribution in [2.24, 2.45) is 0 Å². The maximum Gasteiger partial charge on any atom is 0.338 e. The van der Waals surface area contributed by atoms with Crippen molar-refractivity contribution < 1.29 is 9.53 Å². The Labute approximate surface area is 117 Å². The normalized spacial score (nSPS) is 10.4. The summed E-state index contributed by atoms with van der Waals surface area (Å²) in [6, 6.07) is 7.76. The summed E-state index contributed by atoms with van der Waals surface area (Å²) in [5.74, 6) is -0.167. The minimum atomic E-state index is -0.167. The lowest BCUT2D eigenvalue weighted by Crippen LogP contribution is -2.09. The van der Waals surface area contributed by atoms with Gasteiger partial charge in [0.05, 0.1) is 12.2 Å². The van der Waals surface area contributed by atoms with Crippen LogP contribution in [-0.2, 0) is 11.2 Å². The molecule has 0 saturated heterocycles. The van der Waals surface area contributed by atoms with Crippen LogP contribution in [0.2, 0.25) is 0 Å². The number of unbranched alkanes of at least 4 members (excludes halogenated alkanes) is 4. The second-order valence-corrected chi connectivity index (χ2v) is 4.96. The molecule has 0 N–H and O–H groups in total. The van der Waals surface area contributed by atoms with Crippen LogP contribution in [0.15, 0.2) is 24.3 Å². The lowest BCUT2D eigenvalue weighted by Gasteiger charge is -2.08. The van der Waals surface area contributed by atoms with Crippen LogP contribution in [0.1, 0.15) is 68.3 Å². The molecule has 0 amide bonds. The lowest BCUT2D eigenvalue weighted by atomic mass is 10.0. The van der Waals surface area contributed by atoms with Crippen molar-refractivity contribution in [2.75, 3.05) is 6.61 Å². The number of ether oxygens (including phenoxy) is 1. The van der Waals surface area contributed by atoms with Crippen LogP contribution in [0, 0.1) is 0 Å². The standard InChI is InChI=1S/C17H26O2/c1-3-5-6-7-10-14-19-17(18)16-13-9-8-12-15(16)11-4-2/h8-9,12-13H,3-7,10-11,14H2,1-2H3. The van der Waals surface area contributed by atoms with Gasteiger partial charge in [0.2, 0.25) is 0 Å². The van der Waals surface area contributed by atoms with Crippen LogP contribution in [0.25, 0.3) is 0 Å². The van der Waals surface area contributed by atoms with E-state index in [1.807, 2.05) is 24.3 Å². The van der Waals surface area contributed by atoms with Gasteiger partial charge in [0.25, 0.3) is 0 Å². The lowest BCUT2D eigenvalue weighted by molar-refractivity contribution is 0.0496. The van der Waals surface area contributed by atoms with Gasteiger partial charge in [-0.3, -0.25) is 0 Å². The molecule has 2 heteroatoms. The summed E-state index contributed by atoms with van der Waals surface area (Å²) in [5, 5.41) is 0. The van der Waals surface area contributed by atoms with E-state index in [-0.39, 0.29) is 5.97 Å². The van der Waals surface area contributed by atoms with Crippen LogP contribution in [0.3, 0.4) is 0 Å². The highest BCUT2D eigenvalue weighted by atomic mass is 16.5. The number of benzene rings is 1. The largest absolute Gasteiger partial charge is 0.462 e. The zero-order valence-electron chi connectivity index (χ0n) is 12.3. The summed E-state index contributed by atoms with van der Waals surface area (Å²) in [6.07, 6.45) is 7.85. The van der Waals surface area contributed by atoms with Crippen LogP contribution in [0.4, 0.5) is 0 Å². The molecule has 0 aromatic heterocycles. The van der Waals surface area contributed by atoms with Crippen LogP contribution >= 0.6 is 0 Å². The Hall–Kier alpha value is -1.31. The number of hydrogen-bond acceptors (Lipinski definition) is 2. The molecule has 0 spiro atoms. The Kier molecular flexibility index (Phi) is 7.95. The quantitative estimate of drug-likeness (QED) is 0.473. The van der Waals surface area contributed by atoms with Crippen molar-refractivity contribution in [3.63, 3.8) is 0 Å². The molecule has 2 nitrogen and oxygen atoms in total. The third kappa shape index (κ3) is 5.91.